The van der Waals surface area contributed by atoms with E-state index in [0.29, 0.717) is 6.42 Å². The predicted octanol–water partition coefficient (Wildman–Crippen LogP) is 3.74. The summed E-state index contributed by atoms with van der Waals surface area (Å²) in [5.74, 6) is -0.762. The van der Waals surface area contributed by atoms with Gasteiger partial charge in [0.1, 0.15) is 5.41 Å². The first-order valence-electron chi connectivity index (χ1n) is 6.87. The zero-order valence-corrected chi connectivity index (χ0v) is 11.8. The molecule has 0 fully saturated rings. The van der Waals surface area contributed by atoms with Crippen molar-refractivity contribution < 1.29 is 9.90 Å². The summed E-state index contributed by atoms with van der Waals surface area (Å²) in [4.78, 5) is 12.2. The SMILES string of the molecule is CC1(C)C[C@@](C(=O)O)(c2ccccc2)c2ccccc21. The van der Waals surface area contributed by atoms with Gasteiger partial charge in [-0.05, 0) is 28.5 Å². The van der Waals surface area contributed by atoms with E-state index >= 15 is 0 Å². The number of carboxylic acids is 1. The summed E-state index contributed by atoms with van der Waals surface area (Å²) >= 11 is 0. The van der Waals surface area contributed by atoms with Crippen LogP contribution >= 0.6 is 0 Å². The van der Waals surface area contributed by atoms with Gasteiger partial charge in [0.05, 0.1) is 0 Å². The Morgan fingerprint density at radius 2 is 1.50 bits per heavy atom. The molecular formula is C18H18O2. The number of aliphatic carboxylic acids is 1. The van der Waals surface area contributed by atoms with E-state index in [0.717, 1.165) is 16.7 Å². The van der Waals surface area contributed by atoms with Crippen LogP contribution in [0, 0.1) is 0 Å². The van der Waals surface area contributed by atoms with Crippen molar-refractivity contribution in [1.29, 1.82) is 0 Å². The van der Waals surface area contributed by atoms with Crippen LogP contribution in [-0.2, 0) is 15.6 Å². The molecule has 20 heavy (non-hydrogen) atoms. The summed E-state index contributed by atoms with van der Waals surface area (Å²) in [6, 6.07) is 17.5. The molecule has 1 aliphatic carbocycles. The summed E-state index contributed by atoms with van der Waals surface area (Å²) in [5.41, 5.74) is 1.88. The second-order valence-electron chi connectivity index (χ2n) is 6.18. The molecule has 0 radical (unpaired) electrons. The third-order valence-electron chi connectivity index (χ3n) is 4.45. The molecule has 0 saturated heterocycles. The minimum absolute atomic E-state index is 0.134. The fourth-order valence-corrected chi connectivity index (χ4v) is 3.59. The molecule has 0 aromatic heterocycles. The lowest BCUT2D eigenvalue weighted by molar-refractivity contribution is -0.142. The summed E-state index contributed by atoms with van der Waals surface area (Å²) in [7, 11) is 0. The van der Waals surface area contributed by atoms with Crippen LogP contribution in [0.4, 0.5) is 0 Å². The van der Waals surface area contributed by atoms with Gasteiger partial charge in [0.25, 0.3) is 0 Å². The minimum Gasteiger partial charge on any atom is -0.480 e. The van der Waals surface area contributed by atoms with E-state index < -0.39 is 11.4 Å². The Bertz CT molecular complexity index is 658. The van der Waals surface area contributed by atoms with Gasteiger partial charge in [0, 0.05) is 0 Å². The minimum atomic E-state index is -0.929. The van der Waals surface area contributed by atoms with Crippen LogP contribution in [0.1, 0.15) is 37.0 Å². The van der Waals surface area contributed by atoms with Crippen molar-refractivity contribution in [1.82, 2.24) is 0 Å². The van der Waals surface area contributed by atoms with E-state index in [9.17, 15) is 9.90 Å². The smallest absolute Gasteiger partial charge is 0.318 e. The average Bonchev–Trinajstić information content (AvgIpc) is 2.70. The molecule has 2 nitrogen and oxygen atoms in total. The van der Waals surface area contributed by atoms with Gasteiger partial charge in [-0.15, -0.1) is 0 Å². The van der Waals surface area contributed by atoms with Crippen LogP contribution in [0.5, 0.6) is 0 Å². The van der Waals surface area contributed by atoms with Crippen LogP contribution in [0.15, 0.2) is 54.6 Å². The van der Waals surface area contributed by atoms with Crippen molar-refractivity contribution in [2.75, 3.05) is 0 Å². The van der Waals surface area contributed by atoms with Crippen LogP contribution in [0.2, 0.25) is 0 Å². The van der Waals surface area contributed by atoms with Crippen molar-refractivity contribution >= 4 is 5.97 Å². The van der Waals surface area contributed by atoms with Gasteiger partial charge in [0.2, 0.25) is 0 Å². The normalized spacial score (nSPS) is 23.3. The van der Waals surface area contributed by atoms with Crippen LogP contribution in [-0.4, -0.2) is 11.1 Å². The zero-order chi connectivity index (χ0) is 14.4. The standard InChI is InChI=1S/C18H18O2/c1-17(2)12-18(16(19)20,13-8-4-3-5-9-13)15-11-7-6-10-14(15)17/h3-11H,12H2,1-2H3,(H,19,20)/t18-/m1/s1. The maximum Gasteiger partial charge on any atom is 0.318 e. The molecule has 2 aromatic carbocycles. The molecule has 2 aromatic rings. The summed E-state index contributed by atoms with van der Waals surface area (Å²) in [6.07, 6.45) is 0.596. The first kappa shape index (κ1) is 12.9. The second kappa shape index (κ2) is 4.20. The van der Waals surface area contributed by atoms with Crippen LogP contribution in [0.3, 0.4) is 0 Å². The van der Waals surface area contributed by atoms with Gasteiger partial charge < -0.3 is 5.11 Å². The average molecular weight is 266 g/mol. The van der Waals surface area contributed by atoms with E-state index in [-0.39, 0.29) is 5.41 Å². The third kappa shape index (κ3) is 1.61. The van der Waals surface area contributed by atoms with E-state index in [1.807, 2.05) is 48.5 Å². The lowest BCUT2D eigenvalue weighted by atomic mass is 9.73. The number of rotatable bonds is 2. The van der Waals surface area contributed by atoms with Gasteiger partial charge in [-0.3, -0.25) is 4.79 Å². The highest BCUT2D eigenvalue weighted by Crippen LogP contribution is 2.52. The highest BCUT2D eigenvalue weighted by Gasteiger charge is 2.53. The van der Waals surface area contributed by atoms with E-state index in [1.54, 1.807) is 0 Å². The van der Waals surface area contributed by atoms with Gasteiger partial charge in [-0.2, -0.15) is 0 Å². The number of carboxylic acid groups (broad SMARTS) is 1. The van der Waals surface area contributed by atoms with Gasteiger partial charge in [0.15, 0.2) is 0 Å². The number of fused-ring (bicyclic) bond motifs is 1. The lowest BCUT2D eigenvalue weighted by Gasteiger charge is -2.28. The topological polar surface area (TPSA) is 37.3 Å². The fraction of sp³-hybridized carbons (Fsp3) is 0.278. The quantitative estimate of drug-likeness (QED) is 0.899. The molecule has 1 aliphatic rings. The summed E-state index contributed by atoms with van der Waals surface area (Å²) < 4.78 is 0. The lowest BCUT2D eigenvalue weighted by Crippen LogP contribution is -2.36. The first-order chi connectivity index (χ1) is 9.48. The highest BCUT2D eigenvalue weighted by atomic mass is 16.4. The number of hydrogen-bond donors (Lipinski definition) is 1. The van der Waals surface area contributed by atoms with E-state index in [4.69, 9.17) is 0 Å². The Labute approximate surface area is 119 Å². The maximum absolute atomic E-state index is 12.2. The van der Waals surface area contributed by atoms with Crippen molar-refractivity contribution in [3.8, 4) is 0 Å². The Balaban J connectivity index is 2.33. The molecule has 3 rings (SSSR count). The molecule has 1 N–H and O–H groups in total. The van der Waals surface area contributed by atoms with Crippen molar-refractivity contribution in [2.45, 2.75) is 31.1 Å². The Morgan fingerprint density at radius 3 is 2.10 bits per heavy atom. The Hall–Kier alpha value is -2.09. The summed E-state index contributed by atoms with van der Waals surface area (Å²) in [6.45, 7) is 4.25. The molecule has 102 valence electrons. The Morgan fingerprint density at radius 1 is 0.950 bits per heavy atom. The van der Waals surface area contributed by atoms with E-state index in [2.05, 4.69) is 19.9 Å². The molecule has 2 heteroatoms. The molecule has 0 bridgehead atoms. The van der Waals surface area contributed by atoms with Crippen molar-refractivity contribution in [3.63, 3.8) is 0 Å². The van der Waals surface area contributed by atoms with Gasteiger partial charge in [-0.1, -0.05) is 68.4 Å². The van der Waals surface area contributed by atoms with Gasteiger partial charge in [-0.25, -0.2) is 0 Å². The largest absolute Gasteiger partial charge is 0.480 e. The number of hydrogen-bond acceptors (Lipinski definition) is 1. The van der Waals surface area contributed by atoms with Gasteiger partial charge >= 0.3 is 5.97 Å². The second-order valence-corrected chi connectivity index (χ2v) is 6.18. The maximum atomic E-state index is 12.2. The first-order valence-corrected chi connectivity index (χ1v) is 6.87. The molecule has 0 spiro atoms. The number of carbonyl (C=O) groups is 1. The fourth-order valence-electron chi connectivity index (χ4n) is 3.59. The van der Waals surface area contributed by atoms with Crippen molar-refractivity contribution in [2.24, 2.45) is 0 Å². The zero-order valence-electron chi connectivity index (χ0n) is 11.8. The molecule has 0 heterocycles. The Kier molecular flexibility index (Phi) is 2.72. The third-order valence-corrected chi connectivity index (χ3v) is 4.45. The van der Waals surface area contributed by atoms with Crippen molar-refractivity contribution in [3.05, 3.63) is 71.3 Å². The summed E-state index contributed by atoms with van der Waals surface area (Å²) in [5, 5.41) is 10.00. The van der Waals surface area contributed by atoms with E-state index in [1.165, 1.54) is 0 Å². The molecule has 0 unspecified atom stereocenters. The number of benzene rings is 2. The molecular weight excluding hydrogens is 248 g/mol. The van der Waals surface area contributed by atoms with Crippen LogP contribution in [0.25, 0.3) is 0 Å². The molecule has 1 atom stereocenters. The van der Waals surface area contributed by atoms with Crippen LogP contribution < -0.4 is 0 Å². The molecule has 0 saturated carbocycles. The molecule has 0 aliphatic heterocycles. The predicted molar refractivity (Wildman–Crippen MR) is 78.9 cm³/mol. The molecule has 0 amide bonds. The highest BCUT2D eigenvalue weighted by molar-refractivity contribution is 5.88. The monoisotopic (exact) mass is 266 g/mol.